The molecule has 0 aromatic heterocycles. The summed E-state index contributed by atoms with van der Waals surface area (Å²) in [5.41, 5.74) is 2.52. The van der Waals surface area contributed by atoms with Gasteiger partial charge in [-0.25, -0.2) is 4.79 Å². The van der Waals surface area contributed by atoms with Crippen molar-refractivity contribution in [3.8, 4) is 5.75 Å². The van der Waals surface area contributed by atoms with Crippen molar-refractivity contribution in [1.82, 2.24) is 0 Å². The lowest BCUT2D eigenvalue weighted by Gasteiger charge is -2.08. The van der Waals surface area contributed by atoms with Gasteiger partial charge in [0, 0.05) is 6.08 Å². The van der Waals surface area contributed by atoms with Crippen molar-refractivity contribution >= 4 is 12.0 Å². The number of hydrogen-bond donors (Lipinski definition) is 1. The fourth-order valence-corrected chi connectivity index (χ4v) is 1.59. The largest absolute Gasteiger partial charge is 0.507 e. The summed E-state index contributed by atoms with van der Waals surface area (Å²) in [4.78, 5) is 11.2. The topological polar surface area (TPSA) is 46.5 Å². The van der Waals surface area contributed by atoms with Crippen molar-refractivity contribution in [2.24, 2.45) is 0 Å². The number of phenols is 1. The normalized spacial score (nSPS) is 10.8. The lowest BCUT2D eigenvalue weighted by Crippen LogP contribution is -1.98. The second-order valence-electron chi connectivity index (χ2n) is 3.73. The molecule has 3 heteroatoms. The van der Waals surface area contributed by atoms with Gasteiger partial charge in [0.05, 0.1) is 6.61 Å². The van der Waals surface area contributed by atoms with E-state index in [4.69, 9.17) is 4.74 Å². The predicted octanol–water partition coefficient (Wildman–Crippen LogP) is 2.84. The van der Waals surface area contributed by atoms with Gasteiger partial charge in [-0.05, 0) is 43.0 Å². The van der Waals surface area contributed by atoms with E-state index in [2.05, 4.69) is 0 Å². The van der Waals surface area contributed by atoms with Gasteiger partial charge < -0.3 is 9.84 Å². The molecule has 0 unspecified atom stereocenters. The standard InChI is InChI=1S/C14H18O3/c1-4-11-6-7-12(10(3)14(11)16)8-9-13(15)17-5-2/h6-9,16H,4-5H2,1-3H3. The van der Waals surface area contributed by atoms with Crippen molar-refractivity contribution in [2.75, 3.05) is 6.61 Å². The maximum Gasteiger partial charge on any atom is 0.330 e. The number of ether oxygens (including phenoxy) is 1. The van der Waals surface area contributed by atoms with E-state index in [1.54, 1.807) is 13.0 Å². The Morgan fingerprint density at radius 2 is 2.12 bits per heavy atom. The molecule has 0 heterocycles. The fourth-order valence-electron chi connectivity index (χ4n) is 1.59. The van der Waals surface area contributed by atoms with Crippen LogP contribution in [0.4, 0.5) is 0 Å². The average Bonchev–Trinajstić information content (AvgIpc) is 2.31. The molecule has 0 bridgehead atoms. The summed E-state index contributed by atoms with van der Waals surface area (Å²) in [6, 6.07) is 3.76. The highest BCUT2D eigenvalue weighted by atomic mass is 16.5. The van der Waals surface area contributed by atoms with Crippen LogP contribution < -0.4 is 0 Å². The summed E-state index contributed by atoms with van der Waals surface area (Å²) in [6.45, 7) is 5.95. The maximum absolute atomic E-state index is 11.2. The first-order chi connectivity index (χ1) is 8.10. The first-order valence-electron chi connectivity index (χ1n) is 5.76. The lowest BCUT2D eigenvalue weighted by molar-refractivity contribution is -0.137. The molecule has 0 aliphatic carbocycles. The first kappa shape index (κ1) is 13.3. The van der Waals surface area contributed by atoms with Crippen molar-refractivity contribution in [1.29, 1.82) is 0 Å². The number of benzene rings is 1. The van der Waals surface area contributed by atoms with E-state index in [0.29, 0.717) is 12.4 Å². The Morgan fingerprint density at radius 1 is 1.41 bits per heavy atom. The zero-order chi connectivity index (χ0) is 12.8. The Bertz CT molecular complexity index is 433. The molecule has 1 aromatic rings. The maximum atomic E-state index is 11.2. The van der Waals surface area contributed by atoms with Gasteiger partial charge >= 0.3 is 5.97 Å². The summed E-state index contributed by atoms with van der Waals surface area (Å²) >= 11 is 0. The zero-order valence-electron chi connectivity index (χ0n) is 10.5. The molecule has 3 nitrogen and oxygen atoms in total. The quantitative estimate of drug-likeness (QED) is 0.643. The average molecular weight is 234 g/mol. The highest BCUT2D eigenvalue weighted by molar-refractivity contribution is 5.87. The van der Waals surface area contributed by atoms with Crippen LogP contribution in [0.15, 0.2) is 18.2 Å². The number of carbonyl (C=O) groups is 1. The minimum atomic E-state index is -0.369. The van der Waals surface area contributed by atoms with Gasteiger partial charge in [0.1, 0.15) is 5.75 Å². The van der Waals surface area contributed by atoms with E-state index < -0.39 is 0 Å². The SMILES string of the molecule is CCOC(=O)C=Cc1ccc(CC)c(O)c1C. The number of aryl methyl sites for hydroxylation is 1. The van der Waals surface area contributed by atoms with Crippen LogP contribution in [0.25, 0.3) is 6.08 Å². The van der Waals surface area contributed by atoms with Crippen molar-refractivity contribution in [3.05, 3.63) is 34.9 Å². The second kappa shape index (κ2) is 6.09. The van der Waals surface area contributed by atoms with Crippen LogP contribution in [0.2, 0.25) is 0 Å². The predicted molar refractivity (Wildman–Crippen MR) is 67.9 cm³/mol. The molecule has 0 aliphatic heterocycles. The molecule has 0 radical (unpaired) electrons. The Hall–Kier alpha value is -1.77. The number of rotatable bonds is 4. The monoisotopic (exact) mass is 234 g/mol. The highest BCUT2D eigenvalue weighted by Gasteiger charge is 2.06. The number of hydrogen-bond acceptors (Lipinski definition) is 3. The number of phenolic OH excluding ortho intramolecular Hbond substituents is 1. The third-order valence-electron chi connectivity index (χ3n) is 2.62. The van der Waals surface area contributed by atoms with E-state index in [1.807, 2.05) is 26.0 Å². The molecule has 0 aliphatic rings. The van der Waals surface area contributed by atoms with Gasteiger partial charge in [0.15, 0.2) is 0 Å². The summed E-state index contributed by atoms with van der Waals surface area (Å²) in [5.74, 6) is -0.0653. The third kappa shape index (κ3) is 3.34. The van der Waals surface area contributed by atoms with Crippen LogP contribution in [0.1, 0.15) is 30.5 Å². The number of carbonyl (C=O) groups excluding carboxylic acids is 1. The summed E-state index contributed by atoms with van der Waals surface area (Å²) < 4.78 is 4.79. The Kier molecular flexibility index (Phi) is 4.76. The molecule has 0 amide bonds. The Labute approximate surface area is 102 Å². The molecule has 0 spiro atoms. The van der Waals surface area contributed by atoms with Gasteiger partial charge in [-0.1, -0.05) is 19.1 Å². The summed E-state index contributed by atoms with van der Waals surface area (Å²) in [7, 11) is 0. The minimum Gasteiger partial charge on any atom is -0.507 e. The summed E-state index contributed by atoms with van der Waals surface area (Å²) in [6.07, 6.45) is 3.82. The van der Waals surface area contributed by atoms with E-state index in [-0.39, 0.29) is 5.97 Å². The molecular formula is C14H18O3. The molecule has 0 saturated heterocycles. The number of esters is 1. The minimum absolute atomic E-state index is 0.304. The zero-order valence-corrected chi connectivity index (χ0v) is 10.5. The van der Waals surface area contributed by atoms with Crippen LogP contribution in [0.3, 0.4) is 0 Å². The molecule has 17 heavy (non-hydrogen) atoms. The van der Waals surface area contributed by atoms with Gasteiger partial charge in [0.2, 0.25) is 0 Å². The van der Waals surface area contributed by atoms with Gasteiger partial charge in [-0.15, -0.1) is 0 Å². The molecule has 0 saturated carbocycles. The van der Waals surface area contributed by atoms with Crippen molar-refractivity contribution in [2.45, 2.75) is 27.2 Å². The molecule has 0 fully saturated rings. The highest BCUT2D eigenvalue weighted by Crippen LogP contribution is 2.26. The van der Waals surface area contributed by atoms with Crippen LogP contribution >= 0.6 is 0 Å². The van der Waals surface area contributed by atoms with E-state index in [0.717, 1.165) is 23.1 Å². The first-order valence-corrected chi connectivity index (χ1v) is 5.76. The molecule has 1 N–H and O–H groups in total. The number of aromatic hydroxyl groups is 1. The fraction of sp³-hybridized carbons (Fsp3) is 0.357. The Balaban J connectivity index is 2.93. The van der Waals surface area contributed by atoms with Crippen LogP contribution in [0, 0.1) is 6.92 Å². The van der Waals surface area contributed by atoms with Crippen LogP contribution in [0.5, 0.6) is 5.75 Å². The van der Waals surface area contributed by atoms with Crippen molar-refractivity contribution < 1.29 is 14.6 Å². The molecule has 1 aromatic carbocycles. The molecule has 1 rings (SSSR count). The lowest BCUT2D eigenvalue weighted by atomic mass is 10.0. The molecular weight excluding hydrogens is 216 g/mol. The van der Waals surface area contributed by atoms with Crippen LogP contribution in [-0.4, -0.2) is 17.7 Å². The summed E-state index contributed by atoms with van der Waals surface area (Å²) in [5, 5.41) is 9.90. The molecule has 0 atom stereocenters. The van der Waals surface area contributed by atoms with Gasteiger partial charge in [0.25, 0.3) is 0 Å². The second-order valence-corrected chi connectivity index (χ2v) is 3.73. The van der Waals surface area contributed by atoms with Gasteiger partial charge in [-0.2, -0.15) is 0 Å². The third-order valence-corrected chi connectivity index (χ3v) is 2.62. The molecule has 92 valence electrons. The van der Waals surface area contributed by atoms with Crippen LogP contribution in [-0.2, 0) is 16.0 Å². The smallest absolute Gasteiger partial charge is 0.330 e. The van der Waals surface area contributed by atoms with E-state index in [1.165, 1.54) is 6.08 Å². The van der Waals surface area contributed by atoms with Gasteiger partial charge in [-0.3, -0.25) is 0 Å². The van der Waals surface area contributed by atoms with E-state index in [9.17, 15) is 9.90 Å². The van der Waals surface area contributed by atoms with E-state index >= 15 is 0 Å². The van der Waals surface area contributed by atoms with Crippen molar-refractivity contribution in [3.63, 3.8) is 0 Å². The Morgan fingerprint density at radius 3 is 2.71 bits per heavy atom.